The van der Waals surface area contributed by atoms with Gasteiger partial charge in [-0.05, 0) is 25.0 Å². The minimum Gasteiger partial charge on any atom is -0.330 e. The van der Waals surface area contributed by atoms with Crippen LogP contribution in [0.5, 0.6) is 0 Å². The minimum atomic E-state index is -0.238. The molecule has 1 atom stereocenters. The first-order chi connectivity index (χ1) is 8.25. The number of allylic oxidation sites excluding steroid dienone is 1. The quantitative estimate of drug-likeness (QED) is 0.798. The Labute approximate surface area is 98.2 Å². The highest BCUT2D eigenvalue weighted by Gasteiger charge is 2.29. The number of carbonyl (C=O) groups is 1. The number of hydrogen-bond acceptors (Lipinski definition) is 3. The van der Waals surface area contributed by atoms with Crippen LogP contribution in [0.15, 0.2) is 36.7 Å². The molecule has 17 heavy (non-hydrogen) atoms. The number of carbonyl (C=O) groups excluding carboxylic acids is 1. The Morgan fingerprint density at radius 2 is 2.29 bits per heavy atom. The van der Waals surface area contributed by atoms with Gasteiger partial charge in [0.05, 0.1) is 5.92 Å². The highest BCUT2D eigenvalue weighted by Crippen LogP contribution is 2.25. The first-order valence-corrected chi connectivity index (χ1v) is 5.54. The summed E-state index contributed by atoms with van der Waals surface area (Å²) in [4.78, 5) is 11.9. The van der Waals surface area contributed by atoms with Crippen molar-refractivity contribution in [3.8, 4) is 0 Å². The van der Waals surface area contributed by atoms with Crippen LogP contribution in [0.2, 0.25) is 0 Å². The maximum Gasteiger partial charge on any atom is 0.234 e. The van der Waals surface area contributed by atoms with Crippen molar-refractivity contribution < 1.29 is 4.79 Å². The summed E-state index contributed by atoms with van der Waals surface area (Å²) >= 11 is 0. The number of rotatable bonds is 1. The highest BCUT2D eigenvalue weighted by atomic mass is 16.2. The van der Waals surface area contributed by atoms with Crippen LogP contribution in [0.4, 0.5) is 0 Å². The van der Waals surface area contributed by atoms with E-state index < -0.39 is 0 Å². The van der Waals surface area contributed by atoms with E-state index in [0.717, 1.165) is 24.2 Å². The molecule has 1 N–H and O–H groups in total. The molecule has 0 saturated carbocycles. The highest BCUT2D eigenvalue weighted by molar-refractivity contribution is 5.85. The van der Waals surface area contributed by atoms with Crippen LogP contribution in [0.1, 0.15) is 24.6 Å². The van der Waals surface area contributed by atoms with Crippen molar-refractivity contribution in [2.24, 2.45) is 0 Å². The van der Waals surface area contributed by atoms with Crippen molar-refractivity contribution in [1.82, 2.24) is 19.9 Å². The molecule has 3 rings (SSSR count). The molecule has 86 valence electrons. The predicted molar refractivity (Wildman–Crippen MR) is 62.2 cm³/mol. The van der Waals surface area contributed by atoms with Gasteiger partial charge in [0.25, 0.3) is 0 Å². The SMILES string of the molecule is C=C1CCC(c2nnc3ccccn23)C(=O)N1. The summed E-state index contributed by atoms with van der Waals surface area (Å²) in [6.07, 6.45) is 3.40. The largest absolute Gasteiger partial charge is 0.330 e. The van der Waals surface area contributed by atoms with Crippen LogP contribution in [-0.4, -0.2) is 20.5 Å². The van der Waals surface area contributed by atoms with E-state index in [1.807, 2.05) is 28.8 Å². The van der Waals surface area contributed by atoms with Gasteiger partial charge in [0.2, 0.25) is 5.91 Å². The van der Waals surface area contributed by atoms with Crippen molar-refractivity contribution in [1.29, 1.82) is 0 Å². The number of aromatic nitrogens is 3. The van der Waals surface area contributed by atoms with Gasteiger partial charge in [0.15, 0.2) is 5.65 Å². The van der Waals surface area contributed by atoms with Gasteiger partial charge >= 0.3 is 0 Å². The summed E-state index contributed by atoms with van der Waals surface area (Å²) in [5.74, 6) is 0.419. The Balaban J connectivity index is 2.04. The van der Waals surface area contributed by atoms with E-state index in [-0.39, 0.29) is 11.8 Å². The lowest BCUT2D eigenvalue weighted by Crippen LogP contribution is -2.34. The van der Waals surface area contributed by atoms with E-state index >= 15 is 0 Å². The molecule has 1 aliphatic rings. The number of amides is 1. The van der Waals surface area contributed by atoms with E-state index in [0.29, 0.717) is 5.82 Å². The fourth-order valence-electron chi connectivity index (χ4n) is 2.12. The van der Waals surface area contributed by atoms with Crippen LogP contribution in [0.3, 0.4) is 0 Å². The van der Waals surface area contributed by atoms with Crippen LogP contribution in [0.25, 0.3) is 5.65 Å². The van der Waals surface area contributed by atoms with E-state index in [1.54, 1.807) is 0 Å². The van der Waals surface area contributed by atoms with Gasteiger partial charge in [0, 0.05) is 11.9 Å². The standard InChI is InChI=1S/C12H12N4O/c1-8-5-6-9(12(17)13-8)11-15-14-10-4-2-3-7-16(10)11/h2-4,7,9H,1,5-6H2,(H,13,17). The summed E-state index contributed by atoms with van der Waals surface area (Å²) in [6.45, 7) is 3.77. The Bertz CT molecular complexity index is 601. The lowest BCUT2D eigenvalue weighted by atomic mass is 9.96. The smallest absolute Gasteiger partial charge is 0.234 e. The van der Waals surface area contributed by atoms with Gasteiger partial charge in [-0.2, -0.15) is 0 Å². The van der Waals surface area contributed by atoms with Crippen molar-refractivity contribution in [2.75, 3.05) is 0 Å². The van der Waals surface area contributed by atoms with Crippen LogP contribution >= 0.6 is 0 Å². The number of nitrogens with zero attached hydrogens (tertiary/aromatic N) is 3. The Kier molecular flexibility index (Phi) is 2.18. The number of nitrogens with one attached hydrogen (secondary N) is 1. The molecule has 0 aromatic carbocycles. The molecule has 2 aromatic heterocycles. The zero-order chi connectivity index (χ0) is 11.8. The summed E-state index contributed by atoms with van der Waals surface area (Å²) < 4.78 is 1.86. The molecule has 3 heterocycles. The number of fused-ring (bicyclic) bond motifs is 1. The second-order valence-electron chi connectivity index (χ2n) is 4.17. The summed E-state index contributed by atoms with van der Waals surface area (Å²) in [5.41, 5.74) is 1.54. The van der Waals surface area contributed by atoms with Crippen LogP contribution in [-0.2, 0) is 4.79 Å². The Hall–Kier alpha value is -2.17. The maximum absolute atomic E-state index is 11.9. The third kappa shape index (κ3) is 1.60. The maximum atomic E-state index is 11.9. The second-order valence-corrected chi connectivity index (χ2v) is 4.17. The van der Waals surface area contributed by atoms with Crippen molar-refractivity contribution in [3.05, 3.63) is 42.5 Å². The second kappa shape index (κ2) is 3.69. The molecule has 5 nitrogen and oxygen atoms in total. The molecule has 5 heteroatoms. The number of pyridine rings is 1. The zero-order valence-corrected chi connectivity index (χ0v) is 9.26. The minimum absolute atomic E-state index is 0.0422. The average molecular weight is 228 g/mol. The molecular formula is C12H12N4O. The number of hydrogen-bond donors (Lipinski definition) is 1. The van der Waals surface area contributed by atoms with Gasteiger partial charge < -0.3 is 5.32 Å². The molecule has 1 saturated heterocycles. The molecule has 1 aliphatic heterocycles. The monoisotopic (exact) mass is 228 g/mol. The van der Waals surface area contributed by atoms with Gasteiger partial charge in [-0.15, -0.1) is 10.2 Å². The molecule has 0 bridgehead atoms. The molecule has 0 radical (unpaired) electrons. The lowest BCUT2D eigenvalue weighted by Gasteiger charge is -2.21. The van der Waals surface area contributed by atoms with E-state index in [2.05, 4.69) is 22.1 Å². The van der Waals surface area contributed by atoms with Crippen LogP contribution < -0.4 is 5.32 Å². The van der Waals surface area contributed by atoms with Gasteiger partial charge in [-0.1, -0.05) is 12.6 Å². The molecular weight excluding hydrogens is 216 g/mol. The third-order valence-corrected chi connectivity index (χ3v) is 3.00. The van der Waals surface area contributed by atoms with Gasteiger partial charge in [0.1, 0.15) is 5.82 Å². The zero-order valence-electron chi connectivity index (χ0n) is 9.26. The molecule has 1 amide bonds. The van der Waals surface area contributed by atoms with Gasteiger partial charge in [-0.3, -0.25) is 9.20 Å². The van der Waals surface area contributed by atoms with E-state index in [9.17, 15) is 4.79 Å². The average Bonchev–Trinajstić information content (AvgIpc) is 2.73. The first kappa shape index (κ1) is 10.0. The fraction of sp³-hybridized carbons (Fsp3) is 0.250. The summed E-state index contributed by atoms with van der Waals surface area (Å²) in [5, 5.41) is 10.9. The van der Waals surface area contributed by atoms with Crippen molar-refractivity contribution in [3.63, 3.8) is 0 Å². The Morgan fingerprint density at radius 3 is 3.12 bits per heavy atom. The fourth-order valence-corrected chi connectivity index (χ4v) is 2.12. The molecule has 1 fully saturated rings. The summed E-state index contributed by atoms with van der Waals surface area (Å²) in [7, 11) is 0. The predicted octanol–water partition coefficient (Wildman–Crippen LogP) is 1.24. The normalized spacial score (nSPS) is 20.6. The Morgan fingerprint density at radius 1 is 1.41 bits per heavy atom. The van der Waals surface area contributed by atoms with Crippen LogP contribution in [0, 0.1) is 0 Å². The number of piperidine rings is 1. The van der Waals surface area contributed by atoms with Crippen molar-refractivity contribution >= 4 is 11.6 Å². The molecule has 1 unspecified atom stereocenters. The topological polar surface area (TPSA) is 59.3 Å². The lowest BCUT2D eigenvalue weighted by molar-refractivity contribution is -0.123. The van der Waals surface area contributed by atoms with E-state index in [4.69, 9.17) is 0 Å². The third-order valence-electron chi connectivity index (χ3n) is 3.00. The molecule has 0 spiro atoms. The summed E-state index contributed by atoms with van der Waals surface area (Å²) in [6, 6.07) is 5.67. The van der Waals surface area contributed by atoms with E-state index in [1.165, 1.54) is 0 Å². The molecule has 0 aliphatic carbocycles. The van der Waals surface area contributed by atoms with Crippen molar-refractivity contribution in [2.45, 2.75) is 18.8 Å². The first-order valence-electron chi connectivity index (χ1n) is 5.54. The van der Waals surface area contributed by atoms with Gasteiger partial charge in [-0.25, -0.2) is 0 Å². The molecule has 2 aromatic rings.